The Morgan fingerprint density at radius 2 is 0.988 bits per heavy atom. The molecule has 0 radical (unpaired) electrons. The number of nitrogens with two attached hydrogens (primary N) is 3. The van der Waals surface area contributed by atoms with Gasteiger partial charge in [0.05, 0.1) is 13.2 Å². The molecule has 0 spiro atoms. The van der Waals surface area contributed by atoms with Crippen molar-refractivity contribution in [3.05, 3.63) is 61.7 Å². The zero-order valence-electron chi connectivity index (χ0n) is 53.1. The van der Waals surface area contributed by atoms with Crippen LogP contribution in [0.25, 0.3) is 5.57 Å². The van der Waals surface area contributed by atoms with Gasteiger partial charge in [-0.25, -0.2) is 0 Å². The van der Waals surface area contributed by atoms with E-state index in [1.54, 1.807) is 27.9 Å². The first-order valence-corrected chi connectivity index (χ1v) is 32.3. The minimum absolute atomic E-state index is 0.180. The van der Waals surface area contributed by atoms with Gasteiger partial charge in [-0.1, -0.05) is 53.0 Å². The average Bonchev–Trinajstić information content (AvgIpc) is 4.18. The molecule has 0 aromatic carbocycles. The van der Waals surface area contributed by atoms with Crippen LogP contribution in [0.15, 0.2) is 16.7 Å². The van der Waals surface area contributed by atoms with Crippen LogP contribution in [0, 0.1) is 13.8 Å². The van der Waals surface area contributed by atoms with Crippen LogP contribution in [0.2, 0.25) is 0 Å². The number of H-pyrrole nitrogens is 2. The molecule has 3 fully saturated rings. The molecule has 0 bridgehead atoms. The number of aliphatic hydroxyl groups excluding tert-OH is 2. The van der Waals surface area contributed by atoms with E-state index in [2.05, 4.69) is 120 Å². The molecule has 0 amide bonds. The third kappa shape index (κ3) is 20.9. The Kier molecular flexibility index (Phi) is 30.7. The highest BCUT2D eigenvalue weighted by molar-refractivity contribution is 5.99. The molecule has 0 saturated heterocycles. The highest BCUT2D eigenvalue weighted by atomic mass is 16.3. The lowest BCUT2D eigenvalue weighted by Gasteiger charge is -2.35. The van der Waals surface area contributed by atoms with Gasteiger partial charge in [-0.3, -0.25) is 9.59 Å². The van der Waals surface area contributed by atoms with Crippen molar-refractivity contribution in [2.45, 2.75) is 323 Å². The van der Waals surface area contributed by atoms with E-state index in [1.165, 1.54) is 105 Å². The summed E-state index contributed by atoms with van der Waals surface area (Å²) >= 11 is 0. The monoisotopic (exact) mass is 1120 g/mol. The van der Waals surface area contributed by atoms with Crippen molar-refractivity contribution in [3.8, 4) is 0 Å². The summed E-state index contributed by atoms with van der Waals surface area (Å²) in [6, 6.07) is 4.69. The summed E-state index contributed by atoms with van der Waals surface area (Å²) in [5, 5.41) is 35.7. The fraction of sp³-hybridized carbons (Fsp3) is 0.788. The molecule has 0 aliphatic heterocycles. The number of rotatable bonds is 20. The minimum Gasteiger partial charge on any atom is -0.395 e. The molecule has 6 aliphatic rings. The van der Waals surface area contributed by atoms with E-state index in [0.29, 0.717) is 66.3 Å². The van der Waals surface area contributed by atoms with Gasteiger partial charge < -0.3 is 64.0 Å². The number of Topliss-reactive ketones (excluding diaryl/α,β-unsaturated/α-hetero) is 2. The number of nitrogens with one attached hydrogen (secondary N) is 7. The summed E-state index contributed by atoms with van der Waals surface area (Å²) in [5.41, 5.74) is 35.1. The maximum atomic E-state index is 11.6. The zero-order valence-corrected chi connectivity index (χ0v) is 53.1. The Morgan fingerprint density at radius 1 is 0.525 bits per heavy atom. The number of ketones is 2. The number of fused-ring (bicyclic) bond motifs is 3. The lowest BCUT2D eigenvalue weighted by Crippen LogP contribution is -2.53. The maximum absolute atomic E-state index is 11.6. The van der Waals surface area contributed by atoms with E-state index in [-0.39, 0.29) is 43.4 Å². The molecular weight excluding hydrogens is 997 g/mol. The number of aliphatic hydroxyl groups is 2. The predicted octanol–water partition coefficient (Wildman–Crippen LogP) is 9.91. The summed E-state index contributed by atoms with van der Waals surface area (Å²) in [5.74, 6) is 0.723. The first-order valence-electron chi connectivity index (χ1n) is 32.3. The van der Waals surface area contributed by atoms with Crippen molar-refractivity contribution >= 4 is 17.1 Å². The number of carbonyl (C=O) groups is 2. The van der Waals surface area contributed by atoms with Crippen LogP contribution >= 0.6 is 0 Å². The Morgan fingerprint density at radius 3 is 1.44 bits per heavy atom. The number of aromatic amines is 2. The van der Waals surface area contributed by atoms with E-state index in [4.69, 9.17) is 27.4 Å². The quantitative estimate of drug-likeness (QED) is 0.0593. The van der Waals surface area contributed by atoms with Crippen LogP contribution in [0.5, 0.6) is 0 Å². The topological polar surface area (TPSA) is 244 Å². The molecule has 3 saturated carbocycles. The van der Waals surface area contributed by atoms with Gasteiger partial charge in [0, 0.05) is 132 Å². The van der Waals surface area contributed by atoms with E-state index in [0.717, 1.165) is 76.2 Å². The third-order valence-electron chi connectivity index (χ3n) is 18.7. The Bertz CT molecular complexity index is 2210. The molecule has 2 heterocycles. The first kappa shape index (κ1) is 69.5. The molecule has 14 nitrogen and oxygen atoms in total. The molecule has 13 unspecified atom stereocenters. The number of allylic oxidation sites excluding steroid dienone is 4. The largest absolute Gasteiger partial charge is 0.395 e. The SMILES string of the molecule is CC(CO)NC1CCCC(NC(C)CO)C1.CCC(N)C(C)NC1CCCC(=O)C1.CCC(N)C(C)NC1CCCC(NC(C)C(C)N)C1.CCC1=C(C)C2=C(C1)c1c([nH]c(CC)c1C)CC2.CCc1[nH]c2c(c1C)C(=O)CCC2. The van der Waals surface area contributed by atoms with Gasteiger partial charge in [0.25, 0.3) is 0 Å². The molecule has 14 heteroatoms. The molecule has 2 aromatic heterocycles. The van der Waals surface area contributed by atoms with Crippen LogP contribution < -0.4 is 43.8 Å². The second-order valence-electron chi connectivity index (χ2n) is 25.2. The maximum Gasteiger partial charge on any atom is 0.164 e. The molecule has 13 atom stereocenters. The molecule has 15 N–H and O–H groups in total. The van der Waals surface area contributed by atoms with Gasteiger partial charge in [0.2, 0.25) is 0 Å². The molecule has 6 aliphatic carbocycles. The minimum atomic E-state index is 0.180. The second kappa shape index (κ2) is 35.3. The lowest BCUT2D eigenvalue weighted by molar-refractivity contribution is -0.120. The summed E-state index contributed by atoms with van der Waals surface area (Å²) in [6.07, 6.45) is 25.1. The highest BCUT2D eigenvalue weighted by Crippen LogP contribution is 2.47. The molecular formula is C66H120N10O4. The Labute approximate surface area is 486 Å². The predicted molar refractivity (Wildman–Crippen MR) is 337 cm³/mol. The molecule has 8 rings (SSSR count). The summed E-state index contributed by atoms with van der Waals surface area (Å²) in [6.45, 7) is 30.5. The Hall–Kier alpha value is -3.02. The smallest absolute Gasteiger partial charge is 0.164 e. The van der Waals surface area contributed by atoms with Crippen LogP contribution in [-0.2, 0) is 30.5 Å². The summed E-state index contributed by atoms with van der Waals surface area (Å²) < 4.78 is 0. The van der Waals surface area contributed by atoms with E-state index >= 15 is 0 Å². The second-order valence-corrected chi connectivity index (χ2v) is 25.2. The molecule has 458 valence electrons. The summed E-state index contributed by atoms with van der Waals surface area (Å²) in [7, 11) is 0. The fourth-order valence-electron chi connectivity index (χ4n) is 13.2. The average molecular weight is 1120 g/mol. The van der Waals surface area contributed by atoms with Crippen molar-refractivity contribution in [2.75, 3.05) is 13.2 Å². The number of aromatic nitrogens is 2. The molecule has 80 heavy (non-hydrogen) atoms. The third-order valence-corrected chi connectivity index (χ3v) is 18.7. The van der Waals surface area contributed by atoms with E-state index < -0.39 is 0 Å². The first-order chi connectivity index (χ1) is 38.1. The van der Waals surface area contributed by atoms with Crippen LogP contribution in [0.4, 0.5) is 0 Å². The lowest BCUT2D eigenvalue weighted by atomic mass is 9.87. The zero-order chi connectivity index (χ0) is 59.2. The van der Waals surface area contributed by atoms with Crippen LogP contribution in [0.3, 0.4) is 0 Å². The number of hydrogen-bond acceptors (Lipinski definition) is 12. The van der Waals surface area contributed by atoms with Crippen molar-refractivity contribution in [3.63, 3.8) is 0 Å². The van der Waals surface area contributed by atoms with Crippen molar-refractivity contribution < 1.29 is 19.8 Å². The number of carbonyl (C=O) groups excluding carboxylic acids is 2. The Balaban J connectivity index is 0.000000217. The van der Waals surface area contributed by atoms with Gasteiger partial charge in [0.15, 0.2) is 5.78 Å². The van der Waals surface area contributed by atoms with Crippen LogP contribution in [-0.4, -0.2) is 124 Å². The van der Waals surface area contributed by atoms with Gasteiger partial charge in [0.1, 0.15) is 5.78 Å². The van der Waals surface area contributed by atoms with Crippen LogP contribution in [0.1, 0.15) is 255 Å². The van der Waals surface area contributed by atoms with Gasteiger partial charge >= 0.3 is 0 Å². The van der Waals surface area contributed by atoms with Gasteiger partial charge in [-0.05, 0) is 206 Å². The van der Waals surface area contributed by atoms with Gasteiger partial charge in [-0.2, -0.15) is 0 Å². The molecule has 2 aromatic rings. The number of aryl methyl sites for hydroxylation is 4. The van der Waals surface area contributed by atoms with E-state index in [1.807, 2.05) is 13.8 Å². The number of hydrogen-bond donors (Lipinski definition) is 12. The van der Waals surface area contributed by atoms with E-state index in [9.17, 15) is 9.59 Å². The normalized spacial score (nSPS) is 24.8. The highest BCUT2D eigenvalue weighted by Gasteiger charge is 2.31. The fourth-order valence-corrected chi connectivity index (χ4v) is 13.2. The van der Waals surface area contributed by atoms with Crippen molar-refractivity contribution in [1.82, 2.24) is 36.6 Å². The van der Waals surface area contributed by atoms with Crippen molar-refractivity contribution in [1.29, 1.82) is 0 Å². The van der Waals surface area contributed by atoms with Crippen molar-refractivity contribution in [2.24, 2.45) is 17.2 Å². The standard InChI is InChI=1S/C17H23N.C15H34N4.C12H26N2O2.C11H22N2O.C11H15NO/c1-5-12-9-14-13(10(12)3)7-8-16-17(14)11(4)15(6-2)18-16;1-5-15(17)12(4)19-14-8-6-7-13(9-14)18-11(3)10(2)16;1-9(7-15)13-11-4-3-5-12(6-11)14-10(2)8-16;1-3-11(12)8(2)13-9-5-4-6-10(14)7-9;1-3-8-7(2)11-9(12-8)5-4-6-10(11)13/h18H,5-9H2,1-4H3;10-15,18-19H,5-9,16-17H2,1-4H3;9-16H,3-8H2,1-2H3;8-9,11,13H,3-7,12H2,1-2H3;12H,3-6H2,1-2H3. The van der Waals surface area contributed by atoms with Gasteiger partial charge in [-0.15, -0.1) is 0 Å². The summed E-state index contributed by atoms with van der Waals surface area (Å²) in [4.78, 5) is 29.9.